The van der Waals surface area contributed by atoms with Crippen molar-refractivity contribution in [1.82, 2.24) is 9.55 Å². The van der Waals surface area contributed by atoms with Crippen LogP contribution in [0.5, 0.6) is 0 Å². The molecule has 1 aliphatic rings. The highest BCUT2D eigenvalue weighted by Crippen LogP contribution is 2.26. The number of nitrogens with zero attached hydrogens (tertiary/aromatic N) is 3. The van der Waals surface area contributed by atoms with Crippen molar-refractivity contribution >= 4 is 17.5 Å². The topological polar surface area (TPSA) is 144 Å². The first-order chi connectivity index (χ1) is 12.5. The maximum atomic E-state index is 12.7. The van der Waals surface area contributed by atoms with Crippen molar-refractivity contribution in [2.24, 2.45) is 0 Å². The number of rotatable bonds is 11. The third-order valence-corrected chi connectivity index (χ3v) is 3.76. The molecule has 2 heterocycles. The third-order valence-electron chi connectivity index (χ3n) is 3.76. The fourth-order valence-corrected chi connectivity index (χ4v) is 2.52. The summed E-state index contributed by atoms with van der Waals surface area (Å²) in [5, 5.41) is 21.3. The van der Waals surface area contributed by atoms with Gasteiger partial charge in [-0.05, 0) is 13.8 Å². The Morgan fingerprint density at radius 2 is 2.00 bits per heavy atom. The van der Waals surface area contributed by atoms with Crippen LogP contribution >= 0.6 is 0 Å². The normalized spacial score (nSPS) is 14.6. The molecule has 1 aromatic rings. The van der Waals surface area contributed by atoms with Crippen LogP contribution in [0.1, 0.15) is 20.3 Å². The Kier molecular flexibility index (Phi) is 7.60. The molecule has 0 aliphatic carbocycles. The lowest BCUT2D eigenvalue weighted by Gasteiger charge is -2.21. The van der Waals surface area contributed by atoms with Gasteiger partial charge in [0.2, 0.25) is 5.95 Å². The van der Waals surface area contributed by atoms with Crippen molar-refractivity contribution in [2.45, 2.75) is 39.4 Å². The smallest absolute Gasteiger partial charge is 0.280 e. The molecule has 11 nitrogen and oxygen atoms in total. The largest absolute Gasteiger partial charge is 0.396 e. The summed E-state index contributed by atoms with van der Waals surface area (Å²) < 4.78 is 17.4. The van der Waals surface area contributed by atoms with Gasteiger partial charge in [-0.2, -0.15) is 4.98 Å². The van der Waals surface area contributed by atoms with Gasteiger partial charge in [0.05, 0.1) is 13.2 Å². The van der Waals surface area contributed by atoms with Crippen molar-refractivity contribution in [2.75, 3.05) is 49.2 Å². The van der Waals surface area contributed by atoms with Gasteiger partial charge >= 0.3 is 0 Å². The molecule has 0 saturated carbocycles. The first-order valence-electron chi connectivity index (χ1n) is 8.54. The second-order valence-corrected chi connectivity index (χ2v) is 5.56. The van der Waals surface area contributed by atoms with Crippen molar-refractivity contribution < 1.29 is 24.4 Å². The Balaban J connectivity index is 2.15. The van der Waals surface area contributed by atoms with Gasteiger partial charge in [-0.3, -0.25) is 9.36 Å². The van der Waals surface area contributed by atoms with E-state index in [1.54, 1.807) is 4.90 Å². The molecule has 5 N–H and O–H groups in total. The Bertz CT molecular complexity index is 634. The number of anilines is 3. The Labute approximate surface area is 151 Å². The summed E-state index contributed by atoms with van der Waals surface area (Å²) in [6.07, 6.45) is -1.60. The van der Waals surface area contributed by atoms with Crippen molar-refractivity contribution in [1.29, 1.82) is 0 Å². The van der Waals surface area contributed by atoms with Crippen LogP contribution in [-0.4, -0.2) is 65.6 Å². The lowest BCUT2D eigenvalue weighted by Crippen LogP contribution is -2.33. The molecule has 1 aliphatic heterocycles. The molecule has 148 valence electrons. The summed E-state index contributed by atoms with van der Waals surface area (Å²) in [6.45, 7) is 4.78. The molecular formula is C15H27N5O6. The summed E-state index contributed by atoms with van der Waals surface area (Å²) in [5.41, 5.74) is 5.92. The van der Waals surface area contributed by atoms with Crippen LogP contribution in [0.15, 0.2) is 4.79 Å². The van der Waals surface area contributed by atoms with Gasteiger partial charge in [-0.1, -0.05) is 0 Å². The molecule has 0 radical (unpaired) electrons. The van der Waals surface area contributed by atoms with Crippen LogP contribution in [0.3, 0.4) is 0 Å². The molecule has 1 atom stereocenters. The molecule has 0 fully saturated rings. The predicted octanol–water partition coefficient (Wildman–Crippen LogP) is -0.911. The molecule has 1 aromatic heterocycles. The van der Waals surface area contributed by atoms with E-state index < -0.39 is 12.6 Å². The first kappa shape index (κ1) is 20.4. The van der Waals surface area contributed by atoms with Crippen LogP contribution in [0, 0.1) is 0 Å². The van der Waals surface area contributed by atoms with E-state index in [4.69, 9.17) is 25.1 Å². The summed E-state index contributed by atoms with van der Waals surface area (Å²) >= 11 is 0. The number of nitrogen functional groups attached to an aromatic ring is 1. The molecule has 1 unspecified atom stereocenters. The molecule has 2 rings (SSSR count). The Hall–Kier alpha value is -1.92. The predicted molar refractivity (Wildman–Crippen MR) is 94.6 cm³/mol. The zero-order chi connectivity index (χ0) is 19.1. The number of aliphatic hydroxyl groups excluding tert-OH is 2. The summed E-state index contributed by atoms with van der Waals surface area (Å²) in [4.78, 5) is 18.6. The zero-order valence-electron chi connectivity index (χ0n) is 15.1. The molecule has 0 saturated heterocycles. The molecule has 11 heteroatoms. The number of fused-ring (bicyclic) bond motifs is 1. The maximum Gasteiger partial charge on any atom is 0.280 e. The van der Waals surface area contributed by atoms with E-state index in [2.05, 4.69) is 10.3 Å². The number of aliphatic hydroxyl groups is 2. The van der Waals surface area contributed by atoms with Gasteiger partial charge in [0.1, 0.15) is 12.4 Å². The second-order valence-electron chi connectivity index (χ2n) is 5.56. The van der Waals surface area contributed by atoms with Crippen LogP contribution in [0.2, 0.25) is 0 Å². The van der Waals surface area contributed by atoms with Gasteiger partial charge in [-0.15, -0.1) is 0 Å². The van der Waals surface area contributed by atoms with E-state index in [1.807, 2.05) is 13.8 Å². The Morgan fingerprint density at radius 3 is 2.62 bits per heavy atom. The molecular weight excluding hydrogens is 346 g/mol. The molecule has 0 bridgehead atoms. The molecule has 0 aromatic carbocycles. The van der Waals surface area contributed by atoms with Crippen LogP contribution in [-0.2, 0) is 20.8 Å². The Morgan fingerprint density at radius 1 is 1.31 bits per heavy atom. The SMILES string of the molecule is CCOC(Cn1c(N)nc2c(c1=O)NCN2COC(O)CCO)OCC. The fraction of sp³-hybridized carbons (Fsp3) is 0.733. The van der Waals surface area contributed by atoms with E-state index in [9.17, 15) is 9.90 Å². The quantitative estimate of drug-likeness (QED) is 0.360. The number of aromatic nitrogens is 2. The number of ether oxygens (including phenoxy) is 3. The van der Waals surface area contributed by atoms with Crippen LogP contribution < -0.4 is 21.5 Å². The molecule has 26 heavy (non-hydrogen) atoms. The minimum absolute atomic E-state index is 0.00240. The fourth-order valence-electron chi connectivity index (χ4n) is 2.52. The standard InChI is InChI=1S/C15H27N5O6/c1-3-24-11(25-4-2)7-20-14(23)12-13(18-15(20)16)19(8-17-12)9-26-10(22)5-6-21/h10-11,17,21-22H,3-9H2,1-2H3,(H2,16,18). The maximum absolute atomic E-state index is 12.7. The van der Waals surface area contributed by atoms with Gasteiger partial charge < -0.3 is 40.4 Å². The highest BCUT2D eigenvalue weighted by molar-refractivity contribution is 5.70. The minimum atomic E-state index is -1.10. The lowest BCUT2D eigenvalue weighted by molar-refractivity contribution is -0.143. The number of hydrogen-bond donors (Lipinski definition) is 4. The number of nitrogens with two attached hydrogens (primary N) is 1. The van der Waals surface area contributed by atoms with Crippen molar-refractivity contribution in [3.8, 4) is 0 Å². The van der Waals surface area contributed by atoms with E-state index in [-0.39, 0.29) is 44.5 Å². The third kappa shape index (κ3) is 4.83. The zero-order valence-corrected chi connectivity index (χ0v) is 15.1. The van der Waals surface area contributed by atoms with Crippen LogP contribution in [0.25, 0.3) is 0 Å². The summed E-state index contributed by atoms with van der Waals surface area (Å²) in [7, 11) is 0. The van der Waals surface area contributed by atoms with E-state index in [0.29, 0.717) is 24.7 Å². The summed E-state index contributed by atoms with van der Waals surface area (Å²) in [5.74, 6) is 0.382. The van der Waals surface area contributed by atoms with E-state index in [1.165, 1.54) is 4.57 Å². The average Bonchev–Trinajstić information content (AvgIpc) is 3.00. The lowest BCUT2D eigenvalue weighted by atomic mass is 10.4. The molecule has 0 spiro atoms. The first-order valence-corrected chi connectivity index (χ1v) is 8.54. The molecule has 0 amide bonds. The van der Waals surface area contributed by atoms with Gasteiger partial charge in [0.15, 0.2) is 18.4 Å². The van der Waals surface area contributed by atoms with Gasteiger partial charge in [0, 0.05) is 26.2 Å². The second kappa shape index (κ2) is 9.69. The number of hydrogen-bond acceptors (Lipinski definition) is 10. The van der Waals surface area contributed by atoms with Crippen LogP contribution in [0.4, 0.5) is 17.5 Å². The monoisotopic (exact) mass is 373 g/mol. The number of nitrogens with one attached hydrogen (secondary N) is 1. The van der Waals surface area contributed by atoms with Crippen molar-refractivity contribution in [3.63, 3.8) is 0 Å². The summed E-state index contributed by atoms with van der Waals surface area (Å²) in [6, 6.07) is 0. The van der Waals surface area contributed by atoms with Crippen molar-refractivity contribution in [3.05, 3.63) is 10.4 Å². The van der Waals surface area contributed by atoms with E-state index >= 15 is 0 Å². The average molecular weight is 373 g/mol. The van der Waals surface area contributed by atoms with Gasteiger partial charge in [0.25, 0.3) is 5.56 Å². The minimum Gasteiger partial charge on any atom is -0.396 e. The highest BCUT2D eigenvalue weighted by atomic mass is 16.7. The van der Waals surface area contributed by atoms with E-state index in [0.717, 1.165) is 0 Å². The van der Waals surface area contributed by atoms with Gasteiger partial charge in [-0.25, -0.2) is 0 Å². The highest BCUT2D eigenvalue weighted by Gasteiger charge is 2.27.